The van der Waals surface area contributed by atoms with Crippen LogP contribution in [0.25, 0.3) is 0 Å². The average Bonchev–Trinajstić information content (AvgIpc) is 3.12. The topological polar surface area (TPSA) is 45.2 Å². The quantitative estimate of drug-likeness (QED) is 0.635. The van der Waals surface area contributed by atoms with Crippen molar-refractivity contribution < 1.29 is 4.79 Å². The van der Waals surface area contributed by atoms with Crippen LogP contribution < -0.4 is 5.32 Å². The zero-order valence-corrected chi connectivity index (χ0v) is 17.9. The third-order valence-electron chi connectivity index (χ3n) is 5.39. The van der Waals surface area contributed by atoms with Crippen molar-refractivity contribution in [3.63, 3.8) is 0 Å². The Kier molecular flexibility index (Phi) is 6.07. The van der Waals surface area contributed by atoms with Gasteiger partial charge in [-0.15, -0.1) is 11.3 Å². The molecule has 0 radical (unpaired) electrons. The number of hydrogen-bond acceptors (Lipinski definition) is 4. The minimum atomic E-state index is 0.0679. The molecule has 1 aliphatic rings. The summed E-state index contributed by atoms with van der Waals surface area (Å²) in [6.45, 7) is 7.04. The largest absolute Gasteiger partial charge is 0.326 e. The van der Waals surface area contributed by atoms with E-state index in [9.17, 15) is 4.79 Å². The van der Waals surface area contributed by atoms with Crippen molar-refractivity contribution in [3.05, 3.63) is 80.8 Å². The molecule has 1 aliphatic heterocycles. The lowest BCUT2D eigenvalue weighted by atomic mass is 9.99. The number of aryl methyl sites for hydroxylation is 3. The highest BCUT2D eigenvalue weighted by molar-refractivity contribution is 7.11. The lowest BCUT2D eigenvalue weighted by Gasteiger charge is -2.28. The van der Waals surface area contributed by atoms with E-state index in [2.05, 4.69) is 58.5 Å². The monoisotopic (exact) mass is 405 g/mol. The lowest BCUT2D eigenvalue weighted by molar-refractivity contribution is -0.116. The second kappa shape index (κ2) is 8.89. The SMILES string of the molecule is Cc1ccc(CCC(=O)Nc2ccc3c(c2)CN(Cc2cnc(C)s2)CC3)cc1. The molecule has 0 spiro atoms. The lowest BCUT2D eigenvalue weighted by Crippen LogP contribution is -2.29. The molecule has 1 N–H and O–H groups in total. The van der Waals surface area contributed by atoms with Crippen LogP contribution in [0.5, 0.6) is 0 Å². The van der Waals surface area contributed by atoms with Crippen molar-refractivity contribution in [1.29, 1.82) is 0 Å². The number of benzene rings is 2. The van der Waals surface area contributed by atoms with E-state index in [1.165, 1.54) is 27.1 Å². The number of amides is 1. The van der Waals surface area contributed by atoms with Crippen LogP contribution in [0.1, 0.15) is 38.6 Å². The first-order valence-electron chi connectivity index (χ1n) is 10.2. The van der Waals surface area contributed by atoms with Gasteiger partial charge in [-0.05, 0) is 55.5 Å². The van der Waals surface area contributed by atoms with E-state index >= 15 is 0 Å². The molecule has 0 saturated carbocycles. The molecule has 2 aromatic carbocycles. The van der Waals surface area contributed by atoms with Crippen molar-refractivity contribution in [3.8, 4) is 0 Å². The summed E-state index contributed by atoms with van der Waals surface area (Å²) in [6, 6.07) is 14.7. The van der Waals surface area contributed by atoms with Crippen molar-refractivity contribution in [1.82, 2.24) is 9.88 Å². The average molecular weight is 406 g/mol. The van der Waals surface area contributed by atoms with Crippen LogP contribution in [0.3, 0.4) is 0 Å². The molecule has 29 heavy (non-hydrogen) atoms. The van der Waals surface area contributed by atoms with Crippen LogP contribution in [-0.2, 0) is 30.7 Å². The Morgan fingerprint density at radius 3 is 2.72 bits per heavy atom. The summed E-state index contributed by atoms with van der Waals surface area (Å²) in [7, 11) is 0. The molecule has 0 atom stereocenters. The molecule has 0 saturated heterocycles. The predicted octanol–water partition coefficient (Wildman–Crippen LogP) is 4.89. The molecule has 4 rings (SSSR count). The van der Waals surface area contributed by atoms with Crippen LogP contribution in [0, 0.1) is 13.8 Å². The van der Waals surface area contributed by atoms with Crippen molar-refractivity contribution in [2.24, 2.45) is 0 Å². The summed E-state index contributed by atoms with van der Waals surface area (Å²) in [5, 5.41) is 4.19. The number of fused-ring (bicyclic) bond motifs is 1. The number of carbonyl (C=O) groups excluding carboxylic acids is 1. The number of carbonyl (C=O) groups is 1. The number of rotatable bonds is 6. The molecular weight excluding hydrogens is 378 g/mol. The van der Waals surface area contributed by atoms with Crippen molar-refractivity contribution >= 4 is 22.9 Å². The number of anilines is 1. The first-order chi connectivity index (χ1) is 14.0. The fourth-order valence-electron chi connectivity index (χ4n) is 3.76. The normalized spacial score (nSPS) is 13.9. The summed E-state index contributed by atoms with van der Waals surface area (Å²) < 4.78 is 0. The van der Waals surface area contributed by atoms with Gasteiger partial charge < -0.3 is 5.32 Å². The van der Waals surface area contributed by atoms with E-state index in [1.54, 1.807) is 11.3 Å². The third-order valence-corrected chi connectivity index (χ3v) is 6.29. The fraction of sp³-hybridized carbons (Fsp3) is 0.333. The van der Waals surface area contributed by atoms with E-state index in [0.717, 1.165) is 43.2 Å². The van der Waals surface area contributed by atoms with Crippen LogP contribution in [0.4, 0.5) is 5.69 Å². The second-order valence-electron chi connectivity index (χ2n) is 7.82. The standard InChI is InChI=1S/C24H27N3OS/c1-17-3-5-19(6-4-17)7-10-24(28)26-22-9-8-20-11-12-27(15-21(20)13-22)16-23-14-25-18(2)29-23/h3-6,8-9,13-14H,7,10-12,15-16H2,1-2H3,(H,26,28). The first kappa shape index (κ1) is 19.8. The summed E-state index contributed by atoms with van der Waals surface area (Å²) in [5.41, 5.74) is 6.04. The van der Waals surface area contributed by atoms with Gasteiger partial charge in [0.2, 0.25) is 5.91 Å². The Bertz CT molecular complexity index is 994. The highest BCUT2D eigenvalue weighted by Crippen LogP contribution is 2.25. The Morgan fingerprint density at radius 2 is 1.97 bits per heavy atom. The summed E-state index contributed by atoms with van der Waals surface area (Å²) in [6.07, 6.45) is 4.30. The van der Waals surface area contributed by atoms with E-state index in [0.29, 0.717) is 6.42 Å². The van der Waals surface area contributed by atoms with E-state index in [4.69, 9.17) is 0 Å². The van der Waals surface area contributed by atoms with Gasteiger partial charge in [0.1, 0.15) is 0 Å². The summed E-state index contributed by atoms with van der Waals surface area (Å²) >= 11 is 1.77. The highest BCUT2D eigenvalue weighted by atomic mass is 32.1. The molecule has 0 bridgehead atoms. The maximum atomic E-state index is 12.4. The zero-order valence-electron chi connectivity index (χ0n) is 17.1. The Hall–Kier alpha value is -2.50. The van der Waals surface area contributed by atoms with Gasteiger partial charge in [-0.25, -0.2) is 4.98 Å². The van der Waals surface area contributed by atoms with Gasteiger partial charge in [0.15, 0.2) is 0 Å². The van der Waals surface area contributed by atoms with Crippen LogP contribution in [0.2, 0.25) is 0 Å². The smallest absolute Gasteiger partial charge is 0.224 e. The minimum Gasteiger partial charge on any atom is -0.326 e. The molecule has 150 valence electrons. The number of thiazole rings is 1. The molecular formula is C24H27N3OS. The second-order valence-corrected chi connectivity index (χ2v) is 9.14. The fourth-order valence-corrected chi connectivity index (χ4v) is 4.60. The molecule has 0 unspecified atom stereocenters. The molecule has 0 fully saturated rings. The molecule has 0 aliphatic carbocycles. The van der Waals surface area contributed by atoms with Gasteiger partial charge in [-0.3, -0.25) is 9.69 Å². The highest BCUT2D eigenvalue weighted by Gasteiger charge is 2.18. The third kappa shape index (κ3) is 5.31. The maximum absolute atomic E-state index is 12.4. The number of aromatic nitrogens is 1. The van der Waals surface area contributed by atoms with Crippen molar-refractivity contribution in [2.45, 2.75) is 46.2 Å². The van der Waals surface area contributed by atoms with Gasteiger partial charge in [0.05, 0.1) is 5.01 Å². The molecule has 5 heteroatoms. The van der Waals surface area contributed by atoms with Gasteiger partial charge >= 0.3 is 0 Å². The zero-order chi connectivity index (χ0) is 20.2. The number of nitrogens with zero attached hydrogens (tertiary/aromatic N) is 2. The molecule has 4 nitrogen and oxygen atoms in total. The Labute approximate surface area is 176 Å². The van der Waals surface area contributed by atoms with Gasteiger partial charge in [-0.1, -0.05) is 35.9 Å². The molecule has 1 aromatic heterocycles. The molecule has 2 heterocycles. The molecule has 3 aromatic rings. The van der Waals surface area contributed by atoms with Gasteiger partial charge in [0, 0.05) is 42.8 Å². The van der Waals surface area contributed by atoms with E-state index in [1.807, 2.05) is 19.2 Å². The van der Waals surface area contributed by atoms with Gasteiger partial charge in [-0.2, -0.15) is 0 Å². The van der Waals surface area contributed by atoms with Crippen LogP contribution in [-0.4, -0.2) is 22.3 Å². The minimum absolute atomic E-state index is 0.0679. The summed E-state index contributed by atoms with van der Waals surface area (Å²) in [4.78, 5) is 20.5. The number of nitrogens with one attached hydrogen (secondary N) is 1. The predicted molar refractivity (Wildman–Crippen MR) is 119 cm³/mol. The van der Waals surface area contributed by atoms with Crippen LogP contribution >= 0.6 is 11.3 Å². The van der Waals surface area contributed by atoms with E-state index in [-0.39, 0.29) is 5.91 Å². The van der Waals surface area contributed by atoms with Crippen LogP contribution in [0.15, 0.2) is 48.7 Å². The van der Waals surface area contributed by atoms with E-state index < -0.39 is 0 Å². The maximum Gasteiger partial charge on any atom is 0.224 e. The summed E-state index contributed by atoms with van der Waals surface area (Å²) in [5.74, 6) is 0.0679. The Balaban J connectivity index is 1.34. The number of hydrogen-bond donors (Lipinski definition) is 1. The Morgan fingerprint density at radius 1 is 1.14 bits per heavy atom. The van der Waals surface area contributed by atoms with Crippen molar-refractivity contribution in [2.75, 3.05) is 11.9 Å². The molecule has 1 amide bonds. The first-order valence-corrected chi connectivity index (χ1v) is 11.0. The van der Waals surface area contributed by atoms with Gasteiger partial charge in [0.25, 0.3) is 0 Å².